The molecule has 0 unspecified atom stereocenters. The number of carbonyl (C=O) groups excluding carboxylic acids is 1. The Kier molecular flexibility index (Phi) is 5.54. The van der Waals surface area contributed by atoms with Gasteiger partial charge in [-0.15, -0.1) is 0 Å². The fraction of sp³-hybridized carbons (Fsp3) is 0.105. The van der Waals surface area contributed by atoms with Crippen LogP contribution in [0.4, 0.5) is 11.4 Å². The molecule has 0 spiro atoms. The fourth-order valence-electron chi connectivity index (χ4n) is 2.12. The molecule has 0 aliphatic heterocycles. The lowest BCUT2D eigenvalue weighted by molar-refractivity contribution is -0.112. The van der Waals surface area contributed by atoms with Gasteiger partial charge in [0.1, 0.15) is 11.6 Å². The van der Waals surface area contributed by atoms with Crippen LogP contribution in [0.25, 0.3) is 0 Å². The zero-order valence-electron chi connectivity index (χ0n) is 13.8. The average molecular weight is 335 g/mol. The van der Waals surface area contributed by atoms with Crippen LogP contribution in [0.3, 0.4) is 0 Å². The SMILES string of the molecule is Cc1ccc(C)c(N/C=C(/C#N)C(=O)Nc2cccc(C(=O)O)c2)c1. The Morgan fingerprint density at radius 2 is 1.92 bits per heavy atom. The number of amides is 1. The minimum absolute atomic E-state index is 0.0498. The molecule has 6 nitrogen and oxygen atoms in total. The second kappa shape index (κ2) is 7.79. The van der Waals surface area contributed by atoms with E-state index in [4.69, 9.17) is 5.11 Å². The molecular weight excluding hydrogens is 318 g/mol. The highest BCUT2D eigenvalue weighted by Crippen LogP contribution is 2.17. The maximum absolute atomic E-state index is 12.2. The monoisotopic (exact) mass is 335 g/mol. The average Bonchev–Trinajstić information content (AvgIpc) is 2.58. The predicted molar refractivity (Wildman–Crippen MR) is 95.3 cm³/mol. The number of benzene rings is 2. The Bertz CT molecular complexity index is 895. The minimum atomic E-state index is -1.09. The van der Waals surface area contributed by atoms with Crippen molar-refractivity contribution in [2.75, 3.05) is 10.6 Å². The molecule has 2 aromatic rings. The lowest BCUT2D eigenvalue weighted by Crippen LogP contribution is -2.15. The topological polar surface area (TPSA) is 102 Å². The highest BCUT2D eigenvalue weighted by Gasteiger charge is 2.11. The molecule has 6 heteroatoms. The number of aromatic carboxylic acids is 1. The van der Waals surface area contributed by atoms with E-state index < -0.39 is 11.9 Å². The maximum Gasteiger partial charge on any atom is 0.335 e. The van der Waals surface area contributed by atoms with Crippen LogP contribution in [-0.4, -0.2) is 17.0 Å². The molecule has 0 atom stereocenters. The smallest absolute Gasteiger partial charge is 0.335 e. The van der Waals surface area contributed by atoms with Gasteiger partial charge in [0.15, 0.2) is 0 Å². The first-order chi connectivity index (χ1) is 11.9. The molecule has 126 valence electrons. The second-order valence-corrected chi connectivity index (χ2v) is 5.47. The highest BCUT2D eigenvalue weighted by atomic mass is 16.4. The molecule has 0 saturated carbocycles. The number of anilines is 2. The standard InChI is InChI=1S/C19H17N3O3/c1-12-6-7-13(2)17(8-12)21-11-15(10-20)18(23)22-16-5-3-4-14(9-16)19(24)25/h3-9,11,21H,1-2H3,(H,22,23)(H,24,25)/b15-11-. The largest absolute Gasteiger partial charge is 0.478 e. The normalized spacial score (nSPS) is 10.7. The van der Waals surface area contributed by atoms with Crippen molar-refractivity contribution in [3.63, 3.8) is 0 Å². The predicted octanol–water partition coefficient (Wildman–Crippen LogP) is 3.46. The molecule has 0 aliphatic rings. The van der Waals surface area contributed by atoms with E-state index in [0.717, 1.165) is 16.8 Å². The Hall–Kier alpha value is -3.59. The first kappa shape index (κ1) is 17.8. The molecule has 2 aromatic carbocycles. The molecule has 1 amide bonds. The fourth-order valence-corrected chi connectivity index (χ4v) is 2.12. The summed E-state index contributed by atoms with van der Waals surface area (Å²) in [5, 5.41) is 23.7. The van der Waals surface area contributed by atoms with Crippen LogP contribution < -0.4 is 10.6 Å². The number of nitrogens with one attached hydrogen (secondary N) is 2. The van der Waals surface area contributed by atoms with Crippen LogP contribution in [0.5, 0.6) is 0 Å². The van der Waals surface area contributed by atoms with Gasteiger partial charge in [0.25, 0.3) is 5.91 Å². The number of hydrogen-bond donors (Lipinski definition) is 3. The van der Waals surface area contributed by atoms with Gasteiger partial charge in [0.2, 0.25) is 0 Å². The van der Waals surface area contributed by atoms with E-state index in [1.165, 1.54) is 24.4 Å². The third-order valence-electron chi connectivity index (χ3n) is 3.50. The summed E-state index contributed by atoms with van der Waals surface area (Å²) < 4.78 is 0. The number of nitriles is 1. The van der Waals surface area contributed by atoms with Gasteiger partial charge in [-0.1, -0.05) is 18.2 Å². The summed E-state index contributed by atoms with van der Waals surface area (Å²) in [7, 11) is 0. The minimum Gasteiger partial charge on any atom is -0.478 e. The van der Waals surface area contributed by atoms with Crippen molar-refractivity contribution in [2.45, 2.75) is 13.8 Å². The number of carbonyl (C=O) groups is 2. The van der Waals surface area contributed by atoms with Crippen molar-refractivity contribution in [3.8, 4) is 6.07 Å². The summed E-state index contributed by atoms with van der Waals surface area (Å²) in [4.78, 5) is 23.2. The highest BCUT2D eigenvalue weighted by molar-refractivity contribution is 6.07. The van der Waals surface area contributed by atoms with Gasteiger partial charge >= 0.3 is 5.97 Å². The summed E-state index contributed by atoms with van der Waals surface area (Å²) in [6.07, 6.45) is 1.33. The van der Waals surface area contributed by atoms with E-state index in [9.17, 15) is 14.9 Å². The molecule has 3 N–H and O–H groups in total. The van der Waals surface area contributed by atoms with Gasteiger partial charge in [-0.25, -0.2) is 4.79 Å². The molecule has 0 aliphatic carbocycles. The zero-order chi connectivity index (χ0) is 18.4. The summed E-state index contributed by atoms with van der Waals surface area (Å²) >= 11 is 0. The Labute approximate surface area is 145 Å². The van der Waals surface area contributed by atoms with Crippen LogP contribution in [0.15, 0.2) is 54.2 Å². The van der Waals surface area contributed by atoms with Crippen LogP contribution in [0, 0.1) is 25.2 Å². The molecule has 0 heterocycles. The summed E-state index contributed by atoms with van der Waals surface area (Å²) in [6.45, 7) is 3.86. The van der Waals surface area contributed by atoms with Crippen LogP contribution in [0.1, 0.15) is 21.5 Å². The van der Waals surface area contributed by atoms with Crippen molar-refractivity contribution in [1.82, 2.24) is 0 Å². The number of hydrogen-bond acceptors (Lipinski definition) is 4. The number of aryl methyl sites for hydroxylation is 2. The van der Waals surface area contributed by atoms with Gasteiger partial charge < -0.3 is 15.7 Å². The number of nitrogens with zero attached hydrogens (tertiary/aromatic N) is 1. The quantitative estimate of drug-likeness (QED) is 0.573. The summed E-state index contributed by atoms with van der Waals surface area (Å²) in [5.74, 6) is -1.72. The van der Waals surface area contributed by atoms with Gasteiger partial charge in [-0.3, -0.25) is 4.79 Å². The van der Waals surface area contributed by atoms with Gasteiger partial charge in [-0.05, 0) is 49.2 Å². The van der Waals surface area contributed by atoms with Crippen molar-refractivity contribution < 1.29 is 14.7 Å². The first-order valence-electron chi connectivity index (χ1n) is 7.49. The maximum atomic E-state index is 12.2. The van der Waals surface area contributed by atoms with Crippen molar-refractivity contribution in [1.29, 1.82) is 5.26 Å². The number of carboxylic acids is 1. The molecule has 0 fully saturated rings. The molecular formula is C19H17N3O3. The van der Waals surface area contributed by atoms with E-state index >= 15 is 0 Å². The van der Waals surface area contributed by atoms with Gasteiger partial charge in [-0.2, -0.15) is 5.26 Å². The molecule has 0 radical (unpaired) electrons. The van der Waals surface area contributed by atoms with Crippen LogP contribution >= 0.6 is 0 Å². The van der Waals surface area contributed by atoms with E-state index in [-0.39, 0.29) is 11.1 Å². The second-order valence-electron chi connectivity index (χ2n) is 5.47. The van der Waals surface area contributed by atoms with E-state index in [1.54, 1.807) is 6.07 Å². The number of carboxylic acid groups (broad SMARTS) is 1. The third-order valence-corrected chi connectivity index (χ3v) is 3.50. The summed E-state index contributed by atoms with van der Waals surface area (Å²) in [6, 6.07) is 13.5. The molecule has 2 rings (SSSR count). The Balaban J connectivity index is 2.15. The van der Waals surface area contributed by atoms with Crippen molar-refractivity contribution in [3.05, 3.63) is 70.9 Å². The summed E-state index contributed by atoms with van der Waals surface area (Å²) in [5.41, 5.74) is 3.06. The molecule has 0 aromatic heterocycles. The molecule has 25 heavy (non-hydrogen) atoms. The lowest BCUT2D eigenvalue weighted by atomic mass is 10.1. The molecule has 0 bridgehead atoms. The first-order valence-corrected chi connectivity index (χ1v) is 7.49. The molecule has 0 saturated heterocycles. The Morgan fingerprint density at radius 1 is 1.16 bits per heavy atom. The number of rotatable bonds is 5. The van der Waals surface area contributed by atoms with Gasteiger partial charge in [0, 0.05) is 17.6 Å². The van der Waals surface area contributed by atoms with Crippen molar-refractivity contribution >= 4 is 23.3 Å². The van der Waals surface area contributed by atoms with E-state index in [1.807, 2.05) is 38.1 Å². The van der Waals surface area contributed by atoms with Crippen LogP contribution in [-0.2, 0) is 4.79 Å². The Morgan fingerprint density at radius 3 is 2.60 bits per heavy atom. The lowest BCUT2D eigenvalue weighted by Gasteiger charge is -2.08. The van der Waals surface area contributed by atoms with E-state index in [2.05, 4.69) is 10.6 Å². The van der Waals surface area contributed by atoms with Crippen molar-refractivity contribution in [2.24, 2.45) is 0 Å². The van der Waals surface area contributed by atoms with Gasteiger partial charge in [0.05, 0.1) is 5.56 Å². The zero-order valence-corrected chi connectivity index (χ0v) is 13.8. The third kappa shape index (κ3) is 4.69. The van der Waals surface area contributed by atoms with Crippen LogP contribution in [0.2, 0.25) is 0 Å². The van der Waals surface area contributed by atoms with E-state index in [0.29, 0.717) is 5.69 Å².